The van der Waals surface area contributed by atoms with Gasteiger partial charge in [-0.15, -0.1) is 23.7 Å². The Morgan fingerprint density at radius 3 is 2.45 bits per heavy atom. The topological polar surface area (TPSA) is 62.3 Å². The summed E-state index contributed by atoms with van der Waals surface area (Å²) >= 11 is 1.25. The van der Waals surface area contributed by atoms with Gasteiger partial charge in [-0.25, -0.2) is 13.4 Å². The van der Waals surface area contributed by atoms with Crippen LogP contribution in [0.4, 0.5) is 0 Å². The molecular formula is C12H20ClN3O2S2. The highest BCUT2D eigenvalue weighted by atomic mass is 35.5. The Balaban J connectivity index is 0.00000147. The van der Waals surface area contributed by atoms with Crippen LogP contribution in [-0.4, -0.2) is 42.9 Å². The fourth-order valence-electron chi connectivity index (χ4n) is 3.12. The van der Waals surface area contributed by atoms with Crippen molar-refractivity contribution in [3.8, 4) is 0 Å². The maximum absolute atomic E-state index is 12.6. The van der Waals surface area contributed by atoms with Crippen molar-refractivity contribution in [2.45, 2.75) is 54.9 Å². The van der Waals surface area contributed by atoms with E-state index in [0.29, 0.717) is 16.3 Å². The molecule has 20 heavy (non-hydrogen) atoms. The molecule has 8 heteroatoms. The molecule has 114 valence electrons. The largest absolute Gasteiger partial charge is 0.311 e. The number of sulfonamides is 1. The van der Waals surface area contributed by atoms with Gasteiger partial charge in [0.25, 0.3) is 10.0 Å². The summed E-state index contributed by atoms with van der Waals surface area (Å²) in [6.45, 7) is 1.83. The fraction of sp³-hybridized carbons (Fsp3) is 0.750. The minimum Gasteiger partial charge on any atom is -0.311 e. The van der Waals surface area contributed by atoms with Crippen LogP contribution in [0.2, 0.25) is 0 Å². The van der Waals surface area contributed by atoms with Crippen LogP contribution in [0, 0.1) is 6.92 Å². The van der Waals surface area contributed by atoms with Crippen molar-refractivity contribution >= 4 is 33.8 Å². The van der Waals surface area contributed by atoms with E-state index in [4.69, 9.17) is 0 Å². The lowest BCUT2D eigenvalue weighted by molar-refractivity contribution is 0.252. The van der Waals surface area contributed by atoms with E-state index in [2.05, 4.69) is 10.3 Å². The Hall–Kier alpha value is -0.210. The van der Waals surface area contributed by atoms with Crippen molar-refractivity contribution < 1.29 is 8.42 Å². The Morgan fingerprint density at radius 2 is 1.95 bits per heavy atom. The molecule has 1 N–H and O–H groups in total. The monoisotopic (exact) mass is 337 g/mol. The van der Waals surface area contributed by atoms with E-state index in [9.17, 15) is 8.42 Å². The number of aryl methyl sites for hydroxylation is 1. The van der Waals surface area contributed by atoms with Crippen molar-refractivity contribution in [2.75, 3.05) is 7.05 Å². The van der Waals surface area contributed by atoms with E-state index in [1.165, 1.54) is 30.4 Å². The summed E-state index contributed by atoms with van der Waals surface area (Å²) in [5.74, 6) is 0. The van der Waals surface area contributed by atoms with Crippen molar-refractivity contribution in [1.29, 1.82) is 0 Å². The summed E-state index contributed by atoms with van der Waals surface area (Å²) in [5.41, 5.74) is 0. The van der Waals surface area contributed by atoms with Crippen LogP contribution in [0.1, 0.15) is 30.7 Å². The van der Waals surface area contributed by atoms with E-state index in [1.807, 2.05) is 6.92 Å². The number of hydrogen-bond donors (Lipinski definition) is 1. The number of aromatic nitrogens is 1. The van der Waals surface area contributed by atoms with Gasteiger partial charge in [-0.1, -0.05) is 0 Å². The Labute approximate surface area is 130 Å². The zero-order valence-corrected chi connectivity index (χ0v) is 14.0. The summed E-state index contributed by atoms with van der Waals surface area (Å²) in [6.07, 6.45) is 5.67. The average molecular weight is 338 g/mol. The molecule has 2 aliphatic heterocycles. The highest BCUT2D eigenvalue weighted by Gasteiger charge is 2.39. The molecule has 2 aliphatic rings. The highest BCUT2D eigenvalue weighted by Crippen LogP contribution is 2.32. The number of halogens is 1. The number of rotatable bonds is 3. The molecule has 3 heterocycles. The normalized spacial score (nSPS) is 29.4. The van der Waals surface area contributed by atoms with Crippen LogP contribution in [-0.2, 0) is 10.0 Å². The summed E-state index contributed by atoms with van der Waals surface area (Å²) < 4.78 is 27.0. The van der Waals surface area contributed by atoms with Crippen LogP contribution < -0.4 is 5.32 Å². The molecule has 2 fully saturated rings. The summed E-state index contributed by atoms with van der Waals surface area (Å²) in [6, 6.07) is 1.10. The number of thiazole rings is 1. The summed E-state index contributed by atoms with van der Waals surface area (Å²) in [4.78, 5) is 4.05. The molecule has 2 bridgehead atoms. The predicted molar refractivity (Wildman–Crippen MR) is 82.0 cm³/mol. The predicted octanol–water partition coefficient (Wildman–Crippen LogP) is 1.78. The molecule has 0 radical (unpaired) electrons. The van der Waals surface area contributed by atoms with E-state index in [1.54, 1.807) is 11.4 Å². The Morgan fingerprint density at radius 1 is 1.35 bits per heavy atom. The van der Waals surface area contributed by atoms with Gasteiger partial charge in [0, 0.05) is 25.2 Å². The zero-order valence-electron chi connectivity index (χ0n) is 11.6. The average Bonchev–Trinajstić information content (AvgIpc) is 2.95. The molecule has 0 aromatic carbocycles. The molecule has 0 aliphatic carbocycles. The minimum absolute atomic E-state index is 0. The molecule has 2 saturated heterocycles. The van der Waals surface area contributed by atoms with Crippen LogP contribution >= 0.6 is 23.7 Å². The zero-order chi connectivity index (χ0) is 13.6. The first-order valence-corrected chi connectivity index (χ1v) is 8.89. The van der Waals surface area contributed by atoms with E-state index in [-0.39, 0.29) is 18.4 Å². The lowest BCUT2D eigenvalue weighted by atomic mass is 10.0. The maximum atomic E-state index is 12.6. The van der Waals surface area contributed by atoms with Gasteiger partial charge >= 0.3 is 0 Å². The standard InChI is InChI=1S/C12H19N3O2S2.ClH/c1-8-13-7-12(18-8)19(16,17)15(2)11-5-9-3-4-10(6-11)14-9;/h7,9-11,14H,3-6H2,1-2H3;1H. The van der Waals surface area contributed by atoms with Crippen molar-refractivity contribution in [3.63, 3.8) is 0 Å². The van der Waals surface area contributed by atoms with Gasteiger partial charge in [0.15, 0.2) is 4.21 Å². The first-order chi connectivity index (χ1) is 8.96. The quantitative estimate of drug-likeness (QED) is 0.913. The molecule has 5 nitrogen and oxygen atoms in total. The molecule has 2 atom stereocenters. The van der Waals surface area contributed by atoms with Gasteiger partial charge < -0.3 is 5.32 Å². The molecule has 0 saturated carbocycles. The number of hydrogen-bond acceptors (Lipinski definition) is 5. The van der Waals surface area contributed by atoms with Gasteiger partial charge in [0.05, 0.1) is 11.2 Å². The van der Waals surface area contributed by atoms with Gasteiger partial charge in [0.1, 0.15) is 0 Å². The van der Waals surface area contributed by atoms with Gasteiger partial charge in [-0.2, -0.15) is 4.31 Å². The van der Waals surface area contributed by atoms with E-state index < -0.39 is 10.0 Å². The second-order valence-electron chi connectivity index (χ2n) is 5.48. The minimum atomic E-state index is -3.38. The van der Waals surface area contributed by atoms with Crippen molar-refractivity contribution in [3.05, 3.63) is 11.2 Å². The second kappa shape index (κ2) is 5.88. The number of piperidine rings is 1. The summed E-state index contributed by atoms with van der Waals surface area (Å²) in [7, 11) is -1.67. The number of nitrogens with one attached hydrogen (secondary N) is 1. The van der Waals surface area contributed by atoms with E-state index >= 15 is 0 Å². The molecule has 2 unspecified atom stereocenters. The van der Waals surface area contributed by atoms with Crippen molar-refractivity contribution in [1.82, 2.24) is 14.6 Å². The van der Waals surface area contributed by atoms with Crippen LogP contribution in [0.5, 0.6) is 0 Å². The fourth-order valence-corrected chi connectivity index (χ4v) is 5.80. The smallest absolute Gasteiger partial charge is 0.254 e. The molecule has 0 spiro atoms. The van der Waals surface area contributed by atoms with Crippen LogP contribution in [0.25, 0.3) is 0 Å². The lowest BCUT2D eigenvalue weighted by Crippen LogP contribution is -2.48. The first-order valence-electron chi connectivity index (χ1n) is 6.63. The Kier molecular flexibility index (Phi) is 4.76. The first kappa shape index (κ1) is 16.2. The summed E-state index contributed by atoms with van der Waals surface area (Å²) in [5, 5.41) is 4.33. The highest BCUT2D eigenvalue weighted by molar-refractivity contribution is 7.91. The Bertz CT molecular complexity index is 563. The molecule has 3 rings (SSSR count). The molecule has 1 aromatic rings. The second-order valence-corrected chi connectivity index (χ2v) is 8.94. The lowest BCUT2D eigenvalue weighted by Gasteiger charge is -2.34. The molecule has 0 amide bonds. The van der Waals surface area contributed by atoms with Gasteiger partial charge in [-0.05, 0) is 32.6 Å². The third-order valence-corrected chi connectivity index (χ3v) is 7.46. The molecule has 1 aromatic heterocycles. The van der Waals surface area contributed by atoms with Gasteiger partial charge in [-0.3, -0.25) is 0 Å². The van der Waals surface area contributed by atoms with Crippen LogP contribution in [0.3, 0.4) is 0 Å². The number of fused-ring (bicyclic) bond motifs is 2. The van der Waals surface area contributed by atoms with Crippen molar-refractivity contribution in [2.24, 2.45) is 0 Å². The number of nitrogens with zero attached hydrogens (tertiary/aromatic N) is 2. The van der Waals surface area contributed by atoms with Gasteiger partial charge in [0.2, 0.25) is 0 Å². The third kappa shape index (κ3) is 2.87. The maximum Gasteiger partial charge on any atom is 0.254 e. The van der Waals surface area contributed by atoms with Crippen LogP contribution in [0.15, 0.2) is 10.4 Å². The third-order valence-electron chi connectivity index (χ3n) is 4.20. The SMILES string of the molecule is Cc1ncc(S(=O)(=O)N(C)C2CC3CCC(C2)N3)s1.Cl. The van der Waals surface area contributed by atoms with E-state index in [0.717, 1.165) is 17.8 Å². The molecular weight excluding hydrogens is 318 g/mol.